The van der Waals surface area contributed by atoms with Crippen LogP contribution in [0.25, 0.3) is 11.3 Å². The van der Waals surface area contributed by atoms with Crippen molar-refractivity contribution >= 4 is 34.0 Å². The molecule has 0 bridgehead atoms. The van der Waals surface area contributed by atoms with Gasteiger partial charge in [0.05, 0.1) is 23.2 Å². The van der Waals surface area contributed by atoms with E-state index in [4.69, 9.17) is 9.26 Å². The van der Waals surface area contributed by atoms with Gasteiger partial charge in [-0.15, -0.1) is 11.3 Å². The van der Waals surface area contributed by atoms with Gasteiger partial charge in [-0.05, 0) is 33.3 Å². The zero-order chi connectivity index (χ0) is 21.3. The second-order valence-electron chi connectivity index (χ2n) is 6.33. The Balaban J connectivity index is 1.91. The highest BCUT2D eigenvalue weighted by molar-refractivity contribution is 7.18. The molecule has 0 atom stereocenters. The molecule has 3 aromatic rings. The summed E-state index contributed by atoms with van der Waals surface area (Å²) in [6, 6.07) is 1.50. The van der Waals surface area contributed by atoms with Crippen LogP contribution in [0, 0.1) is 13.8 Å². The highest BCUT2D eigenvalue weighted by Crippen LogP contribution is 2.34. The Bertz CT molecular complexity index is 1110. The number of anilines is 1. The summed E-state index contributed by atoms with van der Waals surface area (Å²) in [5.41, 5.74) is 2.72. The molecule has 0 radical (unpaired) electrons. The summed E-state index contributed by atoms with van der Waals surface area (Å²) < 4.78 is 11.9. The average Bonchev–Trinajstić information content (AvgIpc) is 3.34. The monoisotopic (exact) mass is 416 g/mol. The Morgan fingerprint density at radius 2 is 2.03 bits per heavy atom. The summed E-state index contributed by atoms with van der Waals surface area (Å²) in [6.07, 6.45) is 1.63. The molecule has 3 rings (SSSR count). The van der Waals surface area contributed by atoms with E-state index >= 15 is 0 Å². The van der Waals surface area contributed by atoms with Gasteiger partial charge in [-0.2, -0.15) is 5.10 Å². The van der Waals surface area contributed by atoms with E-state index in [1.807, 2.05) is 6.92 Å². The molecule has 0 saturated carbocycles. The first-order valence-corrected chi connectivity index (χ1v) is 9.64. The molecule has 3 heterocycles. The molecule has 0 fully saturated rings. The van der Waals surface area contributed by atoms with Crippen molar-refractivity contribution in [2.45, 2.75) is 27.7 Å². The second kappa shape index (κ2) is 8.00. The first-order chi connectivity index (χ1) is 13.7. The van der Waals surface area contributed by atoms with E-state index in [-0.39, 0.29) is 28.7 Å². The fourth-order valence-corrected chi connectivity index (χ4v) is 3.90. The number of hydrogen-bond donors (Lipinski definition) is 1. The number of aryl methyl sites for hydroxylation is 1. The number of carbonyl (C=O) groups is 3. The van der Waals surface area contributed by atoms with E-state index in [1.54, 1.807) is 31.8 Å². The number of aromatic nitrogens is 3. The van der Waals surface area contributed by atoms with Gasteiger partial charge in [0.15, 0.2) is 5.78 Å². The SMILES string of the molecule is CCOC(=O)c1c(NC(=O)c2cc(-c3cnn(C)c3C)no2)sc(C(C)=O)c1C. The van der Waals surface area contributed by atoms with Crippen molar-refractivity contribution in [3.8, 4) is 11.3 Å². The highest BCUT2D eigenvalue weighted by atomic mass is 32.1. The van der Waals surface area contributed by atoms with Crippen LogP contribution < -0.4 is 5.32 Å². The Morgan fingerprint density at radius 3 is 2.62 bits per heavy atom. The van der Waals surface area contributed by atoms with E-state index in [2.05, 4.69) is 15.6 Å². The van der Waals surface area contributed by atoms with Crippen molar-refractivity contribution in [3.63, 3.8) is 0 Å². The Kier molecular flexibility index (Phi) is 5.64. The molecule has 1 amide bonds. The minimum absolute atomic E-state index is 0.0338. The van der Waals surface area contributed by atoms with Crippen LogP contribution in [-0.4, -0.2) is 39.2 Å². The third kappa shape index (κ3) is 3.83. The van der Waals surface area contributed by atoms with Gasteiger partial charge in [0, 0.05) is 24.4 Å². The molecule has 9 nitrogen and oxygen atoms in total. The molecule has 29 heavy (non-hydrogen) atoms. The fraction of sp³-hybridized carbons (Fsp3) is 0.316. The van der Waals surface area contributed by atoms with E-state index in [9.17, 15) is 14.4 Å². The van der Waals surface area contributed by atoms with Crippen LogP contribution in [0.15, 0.2) is 16.8 Å². The van der Waals surface area contributed by atoms with Crippen molar-refractivity contribution in [1.82, 2.24) is 14.9 Å². The quantitative estimate of drug-likeness (QED) is 0.483. The summed E-state index contributed by atoms with van der Waals surface area (Å²) in [6.45, 7) is 6.78. The summed E-state index contributed by atoms with van der Waals surface area (Å²) in [5, 5.41) is 10.9. The van der Waals surface area contributed by atoms with Crippen LogP contribution in [0.3, 0.4) is 0 Å². The fourth-order valence-electron chi connectivity index (χ4n) is 2.81. The number of rotatable bonds is 6. The molecule has 0 aliphatic rings. The zero-order valence-electron chi connectivity index (χ0n) is 16.7. The largest absolute Gasteiger partial charge is 0.462 e. The van der Waals surface area contributed by atoms with Crippen LogP contribution >= 0.6 is 11.3 Å². The third-order valence-electron chi connectivity index (χ3n) is 4.42. The first-order valence-electron chi connectivity index (χ1n) is 8.83. The predicted molar refractivity (Wildman–Crippen MR) is 106 cm³/mol. The van der Waals surface area contributed by atoms with Gasteiger partial charge in [0.2, 0.25) is 5.76 Å². The van der Waals surface area contributed by atoms with Crippen molar-refractivity contribution in [2.24, 2.45) is 7.05 Å². The van der Waals surface area contributed by atoms with Gasteiger partial charge in [-0.3, -0.25) is 14.3 Å². The molecule has 152 valence electrons. The lowest BCUT2D eigenvalue weighted by Gasteiger charge is -2.05. The number of nitrogens with zero attached hydrogens (tertiary/aromatic N) is 3. The van der Waals surface area contributed by atoms with Gasteiger partial charge in [0.1, 0.15) is 10.7 Å². The molecular formula is C19H20N4O5S. The second-order valence-corrected chi connectivity index (χ2v) is 7.36. The summed E-state index contributed by atoms with van der Waals surface area (Å²) in [5.74, 6) is -1.43. The number of ketones is 1. The standard InChI is InChI=1S/C19H20N4O5S/c1-6-27-19(26)15-9(2)16(11(4)24)29-18(15)21-17(25)14-7-13(22-28-14)12-8-20-23(5)10(12)3/h7-8H,6H2,1-5H3,(H,21,25). The lowest BCUT2D eigenvalue weighted by Crippen LogP contribution is -2.14. The van der Waals surface area contributed by atoms with Crippen LogP contribution in [0.1, 0.15) is 55.7 Å². The maximum atomic E-state index is 12.7. The first kappa shape index (κ1) is 20.5. The Hall–Kier alpha value is -3.27. The van der Waals surface area contributed by atoms with E-state index in [0.29, 0.717) is 16.1 Å². The topological polar surface area (TPSA) is 116 Å². The Labute approximate surface area is 170 Å². The Morgan fingerprint density at radius 1 is 1.31 bits per heavy atom. The molecule has 3 aromatic heterocycles. The number of thiophene rings is 1. The van der Waals surface area contributed by atoms with Crippen molar-refractivity contribution in [3.05, 3.63) is 39.7 Å². The number of nitrogens with one attached hydrogen (secondary N) is 1. The van der Waals surface area contributed by atoms with Crippen LogP contribution in [-0.2, 0) is 11.8 Å². The van der Waals surface area contributed by atoms with E-state index < -0.39 is 11.9 Å². The van der Waals surface area contributed by atoms with Crippen molar-refractivity contribution < 1.29 is 23.6 Å². The average molecular weight is 416 g/mol. The minimum atomic E-state index is -0.603. The molecule has 0 spiro atoms. The smallest absolute Gasteiger partial charge is 0.341 e. The molecule has 0 saturated heterocycles. The lowest BCUT2D eigenvalue weighted by atomic mass is 10.1. The molecule has 0 aromatic carbocycles. The zero-order valence-corrected chi connectivity index (χ0v) is 17.5. The lowest BCUT2D eigenvalue weighted by molar-refractivity contribution is 0.0527. The van der Waals surface area contributed by atoms with Gasteiger partial charge >= 0.3 is 5.97 Å². The number of esters is 1. The predicted octanol–water partition coefficient (Wildman–Crippen LogP) is 3.39. The molecule has 0 aliphatic carbocycles. The number of hydrogen-bond acceptors (Lipinski definition) is 8. The van der Waals surface area contributed by atoms with E-state index in [0.717, 1.165) is 22.6 Å². The number of carbonyl (C=O) groups excluding carboxylic acids is 3. The maximum Gasteiger partial charge on any atom is 0.341 e. The minimum Gasteiger partial charge on any atom is -0.462 e. The maximum absolute atomic E-state index is 12.7. The molecule has 0 unspecified atom stereocenters. The highest BCUT2D eigenvalue weighted by Gasteiger charge is 2.26. The van der Waals surface area contributed by atoms with E-state index in [1.165, 1.54) is 13.0 Å². The number of ether oxygens (including phenoxy) is 1. The number of amides is 1. The van der Waals surface area contributed by atoms with Crippen molar-refractivity contribution in [1.29, 1.82) is 0 Å². The van der Waals surface area contributed by atoms with Crippen LogP contribution in [0.2, 0.25) is 0 Å². The van der Waals surface area contributed by atoms with Crippen molar-refractivity contribution in [2.75, 3.05) is 11.9 Å². The van der Waals surface area contributed by atoms with Gasteiger partial charge in [0.25, 0.3) is 5.91 Å². The van der Waals surface area contributed by atoms with Gasteiger partial charge in [-0.1, -0.05) is 5.16 Å². The van der Waals surface area contributed by atoms with Crippen LogP contribution in [0.5, 0.6) is 0 Å². The van der Waals surface area contributed by atoms with Gasteiger partial charge in [-0.25, -0.2) is 4.79 Å². The normalized spacial score (nSPS) is 10.8. The molecule has 10 heteroatoms. The summed E-state index contributed by atoms with van der Waals surface area (Å²) in [4.78, 5) is 37.3. The number of Topliss-reactive ketones (excluding diaryl/α,β-unsaturated/α-hetero) is 1. The summed E-state index contributed by atoms with van der Waals surface area (Å²) >= 11 is 1.02. The molecule has 1 N–H and O–H groups in total. The summed E-state index contributed by atoms with van der Waals surface area (Å²) in [7, 11) is 1.80. The molecular weight excluding hydrogens is 396 g/mol. The third-order valence-corrected chi connectivity index (χ3v) is 5.73. The van der Waals surface area contributed by atoms with Crippen LogP contribution in [0.4, 0.5) is 5.00 Å². The molecule has 0 aliphatic heterocycles. The van der Waals surface area contributed by atoms with Gasteiger partial charge < -0.3 is 14.6 Å².